The number of hydrogen-bond acceptors (Lipinski definition) is 5. The van der Waals surface area contributed by atoms with E-state index in [1.54, 1.807) is 17.7 Å². The molecule has 1 unspecified atom stereocenters. The predicted octanol–water partition coefficient (Wildman–Crippen LogP) is 3.89. The lowest BCUT2D eigenvalue weighted by molar-refractivity contribution is -0.143. The van der Waals surface area contributed by atoms with Crippen LogP contribution in [0.25, 0.3) is 21.8 Å². The SMILES string of the molecule is [C-]#[N+]C(=Cc1cn(C(C)C(=O)OC)c2ccccc12)C(=O)c1ccc(NS(C)(=O)=O)cc1. The minimum absolute atomic E-state index is 0.109. The van der Waals surface area contributed by atoms with E-state index in [2.05, 4.69) is 9.57 Å². The van der Waals surface area contributed by atoms with Crippen LogP contribution < -0.4 is 4.72 Å². The number of methoxy groups -OCH3 is 1. The van der Waals surface area contributed by atoms with Crippen molar-refractivity contribution in [3.63, 3.8) is 0 Å². The van der Waals surface area contributed by atoms with E-state index in [1.807, 2.05) is 24.3 Å². The highest BCUT2D eigenvalue weighted by Crippen LogP contribution is 2.28. The van der Waals surface area contributed by atoms with Crippen molar-refractivity contribution in [2.75, 3.05) is 18.1 Å². The van der Waals surface area contributed by atoms with Crippen molar-refractivity contribution >= 4 is 44.4 Å². The highest BCUT2D eigenvalue weighted by atomic mass is 32.2. The third kappa shape index (κ3) is 4.87. The van der Waals surface area contributed by atoms with Crippen molar-refractivity contribution in [1.29, 1.82) is 0 Å². The van der Waals surface area contributed by atoms with Crippen molar-refractivity contribution in [2.24, 2.45) is 0 Å². The van der Waals surface area contributed by atoms with Gasteiger partial charge in [0.25, 0.3) is 0 Å². The third-order valence-corrected chi connectivity index (χ3v) is 5.43. The quantitative estimate of drug-likeness (QED) is 0.254. The zero-order chi connectivity index (χ0) is 23.5. The minimum atomic E-state index is -3.44. The summed E-state index contributed by atoms with van der Waals surface area (Å²) in [5.41, 5.74) is 1.84. The highest BCUT2D eigenvalue weighted by Gasteiger charge is 2.20. The molecule has 0 aliphatic heterocycles. The average Bonchev–Trinajstić information content (AvgIpc) is 3.13. The van der Waals surface area contributed by atoms with Gasteiger partial charge in [0.05, 0.1) is 19.9 Å². The molecule has 164 valence electrons. The smallest absolute Gasteiger partial charge is 0.328 e. The number of sulfonamides is 1. The van der Waals surface area contributed by atoms with Gasteiger partial charge in [-0.25, -0.2) is 18.1 Å². The van der Waals surface area contributed by atoms with Gasteiger partial charge < -0.3 is 14.1 Å². The summed E-state index contributed by atoms with van der Waals surface area (Å²) in [7, 11) is -2.12. The fraction of sp³-hybridized carbons (Fsp3) is 0.174. The minimum Gasteiger partial charge on any atom is -0.467 e. The van der Waals surface area contributed by atoms with Gasteiger partial charge in [0.15, 0.2) is 5.78 Å². The van der Waals surface area contributed by atoms with Crippen LogP contribution in [0.2, 0.25) is 0 Å². The van der Waals surface area contributed by atoms with Crippen LogP contribution in [0.5, 0.6) is 0 Å². The summed E-state index contributed by atoms with van der Waals surface area (Å²) >= 11 is 0. The van der Waals surface area contributed by atoms with Crippen molar-refractivity contribution in [1.82, 2.24) is 4.57 Å². The Morgan fingerprint density at radius 3 is 2.41 bits per heavy atom. The number of ether oxygens (including phenoxy) is 1. The van der Waals surface area contributed by atoms with E-state index in [4.69, 9.17) is 11.3 Å². The van der Waals surface area contributed by atoms with E-state index in [1.165, 1.54) is 37.5 Å². The second-order valence-electron chi connectivity index (χ2n) is 7.13. The summed E-state index contributed by atoms with van der Waals surface area (Å²) in [6.45, 7) is 9.22. The van der Waals surface area contributed by atoms with Gasteiger partial charge in [0, 0.05) is 28.4 Å². The summed E-state index contributed by atoms with van der Waals surface area (Å²) in [6.07, 6.45) is 4.23. The molecule has 32 heavy (non-hydrogen) atoms. The molecule has 0 bridgehead atoms. The topological polar surface area (TPSA) is 98.8 Å². The number of para-hydroxylation sites is 1. The number of ketones is 1. The molecular weight excluding hydrogens is 430 g/mol. The number of nitrogens with zero attached hydrogens (tertiary/aromatic N) is 2. The largest absolute Gasteiger partial charge is 0.467 e. The van der Waals surface area contributed by atoms with Gasteiger partial charge in [-0.15, -0.1) is 0 Å². The molecule has 0 radical (unpaired) electrons. The van der Waals surface area contributed by atoms with Gasteiger partial charge >= 0.3 is 5.97 Å². The summed E-state index contributed by atoms with van der Waals surface area (Å²) < 4.78 is 31.6. The molecule has 0 saturated carbocycles. The van der Waals surface area contributed by atoms with Crippen molar-refractivity contribution < 1.29 is 22.7 Å². The third-order valence-electron chi connectivity index (χ3n) is 4.83. The first kappa shape index (κ1) is 22.8. The van der Waals surface area contributed by atoms with E-state index in [-0.39, 0.29) is 11.3 Å². The molecule has 9 heteroatoms. The molecule has 1 N–H and O–H groups in total. The van der Waals surface area contributed by atoms with Crippen LogP contribution in [-0.2, 0) is 19.6 Å². The Kier molecular flexibility index (Phi) is 6.46. The Bertz CT molecular complexity index is 1360. The van der Waals surface area contributed by atoms with Crippen LogP contribution in [0.15, 0.2) is 60.4 Å². The number of benzene rings is 2. The van der Waals surface area contributed by atoms with Crippen LogP contribution >= 0.6 is 0 Å². The monoisotopic (exact) mass is 451 g/mol. The molecule has 8 nitrogen and oxygen atoms in total. The van der Waals surface area contributed by atoms with Crippen LogP contribution in [0.3, 0.4) is 0 Å². The molecule has 1 atom stereocenters. The highest BCUT2D eigenvalue weighted by molar-refractivity contribution is 7.92. The number of aromatic nitrogens is 1. The Balaban J connectivity index is 2.00. The fourth-order valence-corrected chi connectivity index (χ4v) is 3.86. The molecule has 3 rings (SSSR count). The van der Waals surface area contributed by atoms with Gasteiger partial charge in [-0.05, 0) is 36.8 Å². The molecule has 0 fully saturated rings. The molecule has 2 aromatic carbocycles. The number of nitrogens with one attached hydrogen (secondary N) is 1. The van der Waals surface area contributed by atoms with E-state index in [0.717, 1.165) is 17.2 Å². The van der Waals surface area contributed by atoms with E-state index < -0.39 is 27.8 Å². The lowest BCUT2D eigenvalue weighted by Gasteiger charge is -2.12. The van der Waals surface area contributed by atoms with E-state index >= 15 is 0 Å². The van der Waals surface area contributed by atoms with Gasteiger partial charge in [0.2, 0.25) is 15.7 Å². The lowest BCUT2D eigenvalue weighted by Crippen LogP contribution is -2.16. The Labute approximate surface area is 186 Å². The average molecular weight is 452 g/mol. The lowest BCUT2D eigenvalue weighted by atomic mass is 10.1. The Morgan fingerprint density at radius 1 is 1.16 bits per heavy atom. The van der Waals surface area contributed by atoms with Crippen LogP contribution in [0, 0.1) is 6.57 Å². The Hall–Kier alpha value is -3.90. The van der Waals surface area contributed by atoms with Gasteiger partial charge in [0.1, 0.15) is 6.04 Å². The molecule has 3 aromatic rings. The van der Waals surface area contributed by atoms with E-state index in [0.29, 0.717) is 11.3 Å². The maximum atomic E-state index is 12.9. The molecule has 1 aromatic heterocycles. The summed E-state index contributed by atoms with van der Waals surface area (Å²) in [6, 6.07) is 12.6. The van der Waals surface area contributed by atoms with Crippen LogP contribution in [-0.4, -0.2) is 38.1 Å². The fourth-order valence-electron chi connectivity index (χ4n) is 3.30. The van der Waals surface area contributed by atoms with Gasteiger partial charge in [-0.1, -0.05) is 30.3 Å². The zero-order valence-electron chi connectivity index (χ0n) is 17.7. The second-order valence-corrected chi connectivity index (χ2v) is 8.88. The summed E-state index contributed by atoms with van der Waals surface area (Å²) in [5.74, 6) is -0.908. The number of rotatable bonds is 7. The van der Waals surface area contributed by atoms with E-state index in [9.17, 15) is 18.0 Å². The Morgan fingerprint density at radius 2 is 1.81 bits per heavy atom. The normalized spacial score (nSPS) is 12.8. The zero-order valence-corrected chi connectivity index (χ0v) is 18.5. The number of anilines is 1. The van der Waals surface area contributed by atoms with Crippen LogP contribution in [0.1, 0.15) is 28.9 Å². The van der Waals surface area contributed by atoms with Crippen molar-refractivity contribution in [3.8, 4) is 0 Å². The number of fused-ring (bicyclic) bond motifs is 1. The summed E-state index contributed by atoms with van der Waals surface area (Å²) in [5, 5.41) is 0.782. The molecule has 0 spiro atoms. The molecule has 0 aliphatic carbocycles. The molecule has 1 heterocycles. The van der Waals surface area contributed by atoms with Crippen LogP contribution in [0.4, 0.5) is 5.69 Å². The second kappa shape index (κ2) is 9.08. The first-order valence-corrected chi connectivity index (χ1v) is 11.4. The number of carbonyl (C=O) groups excluding carboxylic acids is 2. The predicted molar refractivity (Wildman–Crippen MR) is 122 cm³/mol. The number of hydrogen-bond donors (Lipinski definition) is 1. The summed E-state index contributed by atoms with van der Waals surface area (Å²) in [4.78, 5) is 28.4. The maximum Gasteiger partial charge on any atom is 0.328 e. The van der Waals surface area contributed by atoms with Crippen molar-refractivity contribution in [3.05, 3.63) is 83.0 Å². The van der Waals surface area contributed by atoms with Gasteiger partial charge in [-0.2, -0.15) is 0 Å². The van der Waals surface area contributed by atoms with Crippen molar-refractivity contribution in [2.45, 2.75) is 13.0 Å². The number of Topliss-reactive ketones (excluding diaryl/α,β-unsaturated/α-hetero) is 1. The molecule has 0 saturated heterocycles. The maximum absolute atomic E-state index is 12.9. The number of allylic oxidation sites excluding steroid dienone is 1. The molecule has 0 aliphatic rings. The molecular formula is C23H21N3O5S. The first-order valence-electron chi connectivity index (χ1n) is 9.53. The van der Waals surface area contributed by atoms with Gasteiger partial charge in [-0.3, -0.25) is 4.72 Å². The first-order chi connectivity index (χ1) is 15.1. The number of esters is 1. The molecule has 0 amide bonds. The standard InChI is InChI=1S/C23H21N3O5S/c1-15(23(28)31-3)26-14-17(19-7-5-6-8-21(19)26)13-20(24-2)22(27)16-9-11-18(12-10-16)25-32(4,29)30/h5-15,25H,1,3-4H3. The number of carbonyl (C=O) groups is 2.